The third-order valence-electron chi connectivity index (χ3n) is 12.8. The Morgan fingerprint density at radius 1 is 0.183 bits per heavy atom. The molecule has 0 rings (SSSR count). The quantitative estimate of drug-likeness (QED) is 0.0423. The maximum Gasteiger partial charge on any atom is 0.0891 e. The summed E-state index contributed by atoms with van der Waals surface area (Å²) in [6.45, 7) is 29.3. The molecule has 0 aliphatic heterocycles. The summed E-state index contributed by atoms with van der Waals surface area (Å²) >= 11 is 0. The molecule has 360 valence electrons. The van der Waals surface area contributed by atoms with Gasteiger partial charge in [0.15, 0.2) is 0 Å². The van der Waals surface area contributed by atoms with Gasteiger partial charge >= 0.3 is 0 Å². The lowest BCUT2D eigenvalue weighted by Gasteiger charge is -2.18. The molecule has 0 aromatic rings. The molecule has 0 heteroatoms. The Bertz CT molecular complexity index is 550. The summed E-state index contributed by atoms with van der Waals surface area (Å²) in [6.07, 6.45) is 67.5. The number of rotatable bonds is 46. The van der Waals surface area contributed by atoms with Crippen molar-refractivity contribution in [3.8, 4) is 0 Å². The van der Waals surface area contributed by atoms with E-state index in [-0.39, 0.29) is 0 Å². The second kappa shape index (κ2) is 67.6. The highest BCUT2D eigenvalue weighted by atomic mass is 14.2. The van der Waals surface area contributed by atoms with Crippen molar-refractivity contribution in [3.63, 3.8) is 0 Å². The average molecular weight is 846 g/mol. The van der Waals surface area contributed by atoms with E-state index in [1.807, 2.05) is 0 Å². The van der Waals surface area contributed by atoms with Crippen LogP contribution in [0.1, 0.15) is 350 Å². The fraction of sp³-hybridized carbons (Fsp3) is 0.933. The van der Waals surface area contributed by atoms with E-state index in [1.165, 1.54) is 283 Å². The first-order valence-electron chi connectivity index (χ1n) is 28.7. The molecule has 0 aromatic carbocycles. The summed E-state index contributed by atoms with van der Waals surface area (Å²) in [5, 5.41) is 0. The normalized spacial score (nSPS) is 11.8. The maximum atomic E-state index is 4.14. The molecular weight excluding hydrogens is 721 g/mol. The van der Waals surface area contributed by atoms with Gasteiger partial charge in [-0.05, 0) is 24.7 Å². The van der Waals surface area contributed by atoms with Crippen LogP contribution in [0.2, 0.25) is 0 Å². The Morgan fingerprint density at radius 3 is 0.533 bits per heavy atom. The van der Waals surface area contributed by atoms with E-state index in [1.54, 1.807) is 0 Å². The molecule has 60 heavy (non-hydrogen) atoms. The SMILES string of the molecule is CCCCCCCCCCCCC.CCCCCCCCCCCCC.[CH2+]CCC(CCCCCCCCC)CCCC(CC[CH2+])CCCCCCCCC.[CH2+]CCC[CH2+]. The Balaban J connectivity index is -0.000000416. The number of hydrogen-bond donors (Lipinski definition) is 0. The Kier molecular flexibility index (Phi) is 74.4. The molecule has 0 aliphatic rings. The molecule has 0 saturated heterocycles. The fourth-order valence-electron chi connectivity index (χ4n) is 8.57. The van der Waals surface area contributed by atoms with E-state index in [0.29, 0.717) is 0 Å². The van der Waals surface area contributed by atoms with Gasteiger partial charge in [-0.2, -0.15) is 0 Å². The van der Waals surface area contributed by atoms with Crippen LogP contribution in [0.5, 0.6) is 0 Å². The molecule has 0 aromatic heterocycles. The lowest BCUT2D eigenvalue weighted by Crippen LogP contribution is -2.05. The monoisotopic (exact) mass is 845 g/mol. The van der Waals surface area contributed by atoms with Crippen molar-refractivity contribution in [2.24, 2.45) is 11.8 Å². The highest BCUT2D eigenvalue weighted by molar-refractivity contribution is 4.66. The molecular formula is C60H124+4. The van der Waals surface area contributed by atoms with Crippen molar-refractivity contribution in [3.05, 3.63) is 27.7 Å². The summed E-state index contributed by atoms with van der Waals surface area (Å²) < 4.78 is 0. The van der Waals surface area contributed by atoms with Crippen LogP contribution in [-0.4, -0.2) is 0 Å². The van der Waals surface area contributed by atoms with Crippen molar-refractivity contribution in [2.45, 2.75) is 350 Å². The molecule has 0 aliphatic carbocycles. The van der Waals surface area contributed by atoms with Crippen LogP contribution in [-0.2, 0) is 0 Å². The first-order valence-corrected chi connectivity index (χ1v) is 28.7. The van der Waals surface area contributed by atoms with E-state index in [2.05, 4.69) is 69.2 Å². The predicted octanol–water partition coefficient (Wildman–Crippen LogP) is 23.4. The summed E-state index contributed by atoms with van der Waals surface area (Å²) in [5.41, 5.74) is 0. The molecule has 2 unspecified atom stereocenters. The van der Waals surface area contributed by atoms with E-state index >= 15 is 0 Å². The van der Waals surface area contributed by atoms with E-state index in [0.717, 1.165) is 37.5 Å². The van der Waals surface area contributed by atoms with Gasteiger partial charge in [-0.15, -0.1) is 0 Å². The van der Waals surface area contributed by atoms with Crippen molar-refractivity contribution in [2.75, 3.05) is 0 Å². The first kappa shape index (κ1) is 66.1. The van der Waals surface area contributed by atoms with E-state index < -0.39 is 0 Å². The highest BCUT2D eigenvalue weighted by Crippen LogP contribution is 2.27. The van der Waals surface area contributed by atoms with E-state index in [9.17, 15) is 0 Å². The standard InChI is InChI=1S/C29H58.2C13H28.C5H10/c1-5-9-11-13-15-17-19-24-28(22-7-3)26-21-27-29(23-8-4)25-20-18-16-14-12-10-6-2;2*1-3-5-7-9-11-13-12-10-8-6-4-2;1-3-5-4-2/h28-29H,3-27H2,1-2H3;2*3-13H2,1-2H3;1-5H2/q+2;;;+2. The number of unbranched alkanes of at least 4 members (excludes halogenated alkanes) is 34. The molecule has 0 fully saturated rings. The van der Waals surface area contributed by atoms with Gasteiger partial charge in [0.2, 0.25) is 0 Å². The minimum absolute atomic E-state index is 0.946. The summed E-state index contributed by atoms with van der Waals surface area (Å²) in [4.78, 5) is 0. The Hall–Kier alpha value is -0.520. The molecule has 0 nitrogen and oxygen atoms in total. The van der Waals surface area contributed by atoms with Crippen LogP contribution in [0.4, 0.5) is 0 Å². The topological polar surface area (TPSA) is 0 Å². The van der Waals surface area contributed by atoms with Crippen molar-refractivity contribution in [1.29, 1.82) is 0 Å². The zero-order chi connectivity index (χ0) is 45.1. The van der Waals surface area contributed by atoms with Gasteiger partial charge in [0.05, 0.1) is 53.4 Å². The molecule has 0 saturated carbocycles. The van der Waals surface area contributed by atoms with Crippen LogP contribution in [0, 0.1) is 39.5 Å². The van der Waals surface area contributed by atoms with Crippen molar-refractivity contribution in [1.82, 2.24) is 0 Å². The molecule has 0 spiro atoms. The minimum atomic E-state index is 0.946. The zero-order valence-corrected chi connectivity index (χ0v) is 43.9. The van der Waals surface area contributed by atoms with Gasteiger partial charge in [0.25, 0.3) is 0 Å². The van der Waals surface area contributed by atoms with E-state index in [4.69, 9.17) is 0 Å². The fourth-order valence-corrected chi connectivity index (χ4v) is 8.57. The summed E-state index contributed by atoms with van der Waals surface area (Å²) in [6, 6.07) is 0. The largest absolute Gasteiger partial charge is 0.0891 e. The van der Waals surface area contributed by atoms with Crippen LogP contribution < -0.4 is 0 Å². The Morgan fingerprint density at radius 2 is 0.367 bits per heavy atom. The highest BCUT2D eigenvalue weighted by Gasteiger charge is 2.13. The van der Waals surface area contributed by atoms with Crippen molar-refractivity contribution < 1.29 is 0 Å². The summed E-state index contributed by atoms with van der Waals surface area (Å²) in [7, 11) is 0. The molecule has 0 amide bonds. The zero-order valence-electron chi connectivity index (χ0n) is 43.9. The average Bonchev–Trinajstić information content (AvgIpc) is 3.25. The molecule has 2 atom stereocenters. The first-order chi connectivity index (χ1) is 29.5. The number of hydrogen-bond acceptors (Lipinski definition) is 0. The lowest BCUT2D eigenvalue weighted by atomic mass is 9.86. The second-order valence-corrected chi connectivity index (χ2v) is 19.2. The minimum Gasteiger partial charge on any atom is -0.0654 e. The van der Waals surface area contributed by atoms with Gasteiger partial charge in [-0.3, -0.25) is 0 Å². The van der Waals surface area contributed by atoms with Crippen LogP contribution in [0.15, 0.2) is 0 Å². The third-order valence-corrected chi connectivity index (χ3v) is 12.8. The molecule has 0 radical (unpaired) electrons. The Labute approximate surface area is 387 Å². The van der Waals surface area contributed by atoms with Gasteiger partial charge < -0.3 is 0 Å². The molecule has 0 heterocycles. The summed E-state index contributed by atoms with van der Waals surface area (Å²) in [5.74, 6) is 1.89. The van der Waals surface area contributed by atoms with Crippen molar-refractivity contribution >= 4 is 0 Å². The van der Waals surface area contributed by atoms with Gasteiger partial charge in [0.1, 0.15) is 0 Å². The third kappa shape index (κ3) is 69.2. The second-order valence-electron chi connectivity index (χ2n) is 19.2. The van der Waals surface area contributed by atoms with Gasteiger partial charge in [-0.25, -0.2) is 0 Å². The molecule has 0 N–H and O–H groups in total. The molecule has 0 bridgehead atoms. The lowest BCUT2D eigenvalue weighted by molar-refractivity contribution is 0.340. The van der Waals surface area contributed by atoms with Crippen LogP contribution in [0.3, 0.4) is 0 Å². The smallest absolute Gasteiger partial charge is 0.0654 e. The maximum absolute atomic E-state index is 4.14. The van der Waals surface area contributed by atoms with Crippen LogP contribution >= 0.6 is 0 Å². The van der Waals surface area contributed by atoms with Crippen LogP contribution in [0.25, 0.3) is 0 Å². The van der Waals surface area contributed by atoms with Gasteiger partial charge in [0, 0.05) is 6.42 Å². The predicted molar refractivity (Wildman–Crippen MR) is 284 cm³/mol. The van der Waals surface area contributed by atoms with Gasteiger partial charge in [-0.1, -0.05) is 305 Å².